The molecule has 0 aliphatic heterocycles. The SMILES string of the molecule is CCOCCN(CC)CCC(O)c1ccc(C)cc1. The van der Waals surface area contributed by atoms with Crippen molar-refractivity contribution < 1.29 is 9.84 Å². The number of aryl methyl sites for hydroxylation is 1. The molecule has 0 aromatic heterocycles. The molecular weight excluding hydrogens is 238 g/mol. The minimum absolute atomic E-state index is 0.373. The van der Waals surface area contributed by atoms with Crippen molar-refractivity contribution >= 4 is 0 Å². The fourth-order valence-electron chi connectivity index (χ4n) is 2.03. The zero-order valence-electron chi connectivity index (χ0n) is 12.4. The quantitative estimate of drug-likeness (QED) is 0.697. The molecule has 0 saturated heterocycles. The summed E-state index contributed by atoms with van der Waals surface area (Å²) in [7, 11) is 0. The van der Waals surface area contributed by atoms with Crippen LogP contribution in [0.3, 0.4) is 0 Å². The van der Waals surface area contributed by atoms with Gasteiger partial charge in [0.15, 0.2) is 0 Å². The van der Waals surface area contributed by atoms with Crippen LogP contribution in [-0.4, -0.2) is 42.9 Å². The fourth-order valence-corrected chi connectivity index (χ4v) is 2.03. The lowest BCUT2D eigenvalue weighted by molar-refractivity contribution is 0.101. The van der Waals surface area contributed by atoms with Crippen LogP contribution in [0, 0.1) is 6.92 Å². The van der Waals surface area contributed by atoms with Gasteiger partial charge in [-0.2, -0.15) is 0 Å². The third-order valence-corrected chi connectivity index (χ3v) is 3.38. The average molecular weight is 265 g/mol. The smallest absolute Gasteiger partial charge is 0.0802 e. The summed E-state index contributed by atoms with van der Waals surface area (Å²) in [5.74, 6) is 0. The van der Waals surface area contributed by atoms with Gasteiger partial charge in [0.1, 0.15) is 0 Å². The first kappa shape index (κ1) is 16.2. The van der Waals surface area contributed by atoms with Crippen molar-refractivity contribution in [3.8, 4) is 0 Å². The van der Waals surface area contributed by atoms with E-state index in [4.69, 9.17) is 4.74 Å². The Balaban J connectivity index is 2.34. The van der Waals surface area contributed by atoms with Crippen molar-refractivity contribution in [2.75, 3.05) is 32.8 Å². The summed E-state index contributed by atoms with van der Waals surface area (Å²) < 4.78 is 5.37. The molecule has 0 bridgehead atoms. The summed E-state index contributed by atoms with van der Waals surface area (Å²) in [5, 5.41) is 10.2. The van der Waals surface area contributed by atoms with Crippen LogP contribution in [0.15, 0.2) is 24.3 Å². The van der Waals surface area contributed by atoms with E-state index in [9.17, 15) is 5.11 Å². The van der Waals surface area contributed by atoms with Gasteiger partial charge in [0.05, 0.1) is 12.7 Å². The Kier molecular flexibility index (Phi) is 7.72. The first-order valence-electron chi connectivity index (χ1n) is 7.22. The maximum atomic E-state index is 10.2. The molecule has 0 radical (unpaired) electrons. The first-order valence-corrected chi connectivity index (χ1v) is 7.22. The third-order valence-electron chi connectivity index (χ3n) is 3.38. The number of aliphatic hydroxyl groups is 1. The summed E-state index contributed by atoms with van der Waals surface area (Å²) in [5.41, 5.74) is 2.23. The van der Waals surface area contributed by atoms with Gasteiger partial charge in [-0.3, -0.25) is 0 Å². The molecule has 1 N–H and O–H groups in total. The second kappa shape index (κ2) is 9.08. The van der Waals surface area contributed by atoms with Crippen molar-refractivity contribution in [2.45, 2.75) is 33.3 Å². The minimum Gasteiger partial charge on any atom is -0.388 e. The molecule has 3 nitrogen and oxygen atoms in total. The summed E-state index contributed by atoms with van der Waals surface area (Å²) in [6, 6.07) is 8.11. The monoisotopic (exact) mass is 265 g/mol. The van der Waals surface area contributed by atoms with E-state index in [0.29, 0.717) is 0 Å². The van der Waals surface area contributed by atoms with E-state index in [1.165, 1.54) is 5.56 Å². The van der Waals surface area contributed by atoms with Crippen LogP contribution in [0.2, 0.25) is 0 Å². The molecular formula is C16H27NO2. The van der Waals surface area contributed by atoms with Crippen molar-refractivity contribution in [2.24, 2.45) is 0 Å². The molecule has 1 rings (SSSR count). The van der Waals surface area contributed by atoms with Crippen LogP contribution in [0.1, 0.15) is 37.5 Å². The van der Waals surface area contributed by atoms with Crippen molar-refractivity contribution in [1.29, 1.82) is 0 Å². The molecule has 1 unspecified atom stereocenters. The first-order chi connectivity index (χ1) is 9.17. The second-order valence-electron chi connectivity index (χ2n) is 4.85. The summed E-state index contributed by atoms with van der Waals surface area (Å²) in [6.45, 7) is 10.6. The molecule has 1 aromatic carbocycles. The minimum atomic E-state index is -0.373. The van der Waals surface area contributed by atoms with Crippen LogP contribution in [-0.2, 0) is 4.74 Å². The maximum absolute atomic E-state index is 10.2. The zero-order chi connectivity index (χ0) is 14.1. The zero-order valence-corrected chi connectivity index (χ0v) is 12.4. The lowest BCUT2D eigenvalue weighted by atomic mass is 10.0. The largest absolute Gasteiger partial charge is 0.388 e. The molecule has 0 heterocycles. The number of hydrogen-bond acceptors (Lipinski definition) is 3. The van der Waals surface area contributed by atoms with Gasteiger partial charge in [-0.25, -0.2) is 0 Å². The highest BCUT2D eigenvalue weighted by molar-refractivity contribution is 5.22. The van der Waals surface area contributed by atoms with E-state index in [2.05, 4.69) is 18.7 Å². The van der Waals surface area contributed by atoms with Crippen molar-refractivity contribution in [3.63, 3.8) is 0 Å². The molecule has 3 heteroatoms. The topological polar surface area (TPSA) is 32.7 Å². The van der Waals surface area contributed by atoms with Crippen LogP contribution < -0.4 is 0 Å². The third kappa shape index (κ3) is 6.19. The lowest BCUT2D eigenvalue weighted by Crippen LogP contribution is -2.29. The molecule has 0 saturated carbocycles. The maximum Gasteiger partial charge on any atom is 0.0802 e. The molecule has 1 aromatic rings. The highest BCUT2D eigenvalue weighted by Gasteiger charge is 2.10. The predicted octanol–water partition coefficient (Wildman–Crippen LogP) is 2.78. The van der Waals surface area contributed by atoms with Gasteiger partial charge in [0, 0.05) is 19.7 Å². The second-order valence-corrected chi connectivity index (χ2v) is 4.85. The highest BCUT2D eigenvalue weighted by atomic mass is 16.5. The number of hydrogen-bond donors (Lipinski definition) is 1. The summed E-state index contributed by atoms with van der Waals surface area (Å²) in [6.07, 6.45) is 0.394. The van der Waals surface area contributed by atoms with Crippen LogP contribution in [0.25, 0.3) is 0 Å². The van der Waals surface area contributed by atoms with Crippen molar-refractivity contribution in [1.82, 2.24) is 4.90 Å². The number of benzene rings is 1. The number of ether oxygens (including phenoxy) is 1. The molecule has 0 amide bonds. The van der Waals surface area contributed by atoms with Gasteiger partial charge >= 0.3 is 0 Å². The van der Waals surface area contributed by atoms with Crippen LogP contribution in [0.4, 0.5) is 0 Å². The average Bonchev–Trinajstić information content (AvgIpc) is 2.43. The Bertz CT molecular complexity index is 337. The molecule has 0 aliphatic carbocycles. The van der Waals surface area contributed by atoms with E-state index in [0.717, 1.165) is 44.8 Å². The Morgan fingerprint density at radius 3 is 2.42 bits per heavy atom. The number of likely N-dealkylation sites (N-methyl/N-ethyl adjacent to an activating group) is 1. The van der Waals surface area contributed by atoms with Gasteiger partial charge in [0.25, 0.3) is 0 Å². The van der Waals surface area contributed by atoms with Crippen LogP contribution >= 0.6 is 0 Å². The summed E-state index contributed by atoms with van der Waals surface area (Å²) in [4.78, 5) is 2.31. The molecule has 108 valence electrons. The van der Waals surface area contributed by atoms with Gasteiger partial charge in [-0.05, 0) is 32.4 Å². The van der Waals surface area contributed by atoms with E-state index >= 15 is 0 Å². The van der Waals surface area contributed by atoms with E-state index in [-0.39, 0.29) is 6.10 Å². The normalized spacial score (nSPS) is 12.9. The van der Waals surface area contributed by atoms with Crippen molar-refractivity contribution in [3.05, 3.63) is 35.4 Å². The molecule has 0 aliphatic rings. The molecule has 0 spiro atoms. The number of rotatable bonds is 9. The van der Waals surface area contributed by atoms with Gasteiger partial charge in [0.2, 0.25) is 0 Å². The molecule has 0 fully saturated rings. The Labute approximate surface area is 117 Å². The Hall–Kier alpha value is -0.900. The standard InChI is InChI=1S/C16H27NO2/c1-4-17(12-13-19-5-2)11-10-16(18)15-8-6-14(3)7-9-15/h6-9,16,18H,4-5,10-13H2,1-3H3. The predicted molar refractivity (Wildman–Crippen MR) is 79.4 cm³/mol. The summed E-state index contributed by atoms with van der Waals surface area (Å²) >= 11 is 0. The van der Waals surface area contributed by atoms with Crippen LogP contribution in [0.5, 0.6) is 0 Å². The van der Waals surface area contributed by atoms with Gasteiger partial charge in [-0.15, -0.1) is 0 Å². The van der Waals surface area contributed by atoms with Gasteiger partial charge < -0.3 is 14.7 Å². The van der Waals surface area contributed by atoms with Gasteiger partial charge in [-0.1, -0.05) is 36.8 Å². The Morgan fingerprint density at radius 2 is 1.84 bits per heavy atom. The lowest BCUT2D eigenvalue weighted by Gasteiger charge is -2.22. The van der Waals surface area contributed by atoms with E-state index < -0.39 is 0 Å². The van der Waals surface area contributed by atoms with E-state index in [1.807, 2.05) is 31.2 Å². The fraction of sp³-hybridized carbons (Fsp3) is 0.625. The Morgan fingerprint density at radius 1 is 1.16 bits per heavy atom. The number of aliphatic hydroxyl groups excluding tert-OH is 1. The molecule has 19 heavy (non-hydrogen) atoms. The van der Waals surface area contributed by atoms with E-state index in [1.54, 1.807) is 0 Å². The number of nitrogens with zero attached hydrogens (tertiary/aromatic N) is 1. The highest BCUT2D eigenvalue weighted by Crippen LogP contribution is 2.17. The molecule has 1 atom stereocenters.